The molecule has 0 saturated carbocycles. The van der Waals surface area contributed by atoms with Crippen LogP contribution in [0.3, 0.4) is 0 Å². The van der Waals surface area contributed by atoms with E-state index in [-0.39, 0.29) is 0 Å². The highest BCUT2D eigenvalue weighted by Gasteiger charge is 2.21. The van der Waals surface area contributed by atoms with Crippen LogP contribution >= 0.6 is 0 Å². The largest absolute Gasteiger partial charge is 0.353 e. The molecule has 10 heteroatoms. The first-order valence-electron chi connectivity index (χ1n) is 8.26. The molecule has 0 aromatic carbocycles. The topological polar surface area (TPSA) is 91.7 Å². The summed E-state index contributed by atoms with van der Waals surface area (Å²) in [6.07, 6.45) is 0. The van der Waals surface area contributed by atoms with E-state index in [4.69, 9.17) is 4.52 Å². The van der Waals surface area contributed by atoms with E-state index in [2.05, 4.69) is 35.2 Å². The van der Waals surface area contributed by atoms with Gasteiger partial charge in [0.2, 0.25) is 5.89 Å². The number of rotatable bonds is 4. The van der Waals surface area contributed by atoms with Crippen molar-refractivity contribution in [2.45, 2.75) is 13.5 Å². The predicted molar refractivity (Wildman–Crippen MR) is 91.6 cm³/mol. The first-order chi connectivity index (χ1) is 12.1. The molecule has 0 spiro atoms. The Balaban J connectivity index is 1.39. The second-order valence-corrected chi connectivity index (χ2v) is 6.35. The molecule has 132 valence electrons. The molecule has 10 nitrogen and oxygen atoms in total. The summed E-state index contributed by atoms with van der Waals surface area (Å²) >= 11 is 0. The molecular weight excluding hydrogens is 322 g/mol. The summed E-state index contributed by atoms with van der Waals surface area (Å²) in [5, 5.41) is 16.7. The summed E-state index contributed by atoms with van der Waals surface area (Å²) in [5.41, 5.74) is 0.771. The molecule has 25 heavy (non-hydrogen) atoms. The molecule has 0 amide bonds. The Labute approximate surface area is 145 Å². The monoisotopic (exact) mass is 343 g/mol. The molecule has 0 atom stereocenters. The van der Waals surface area contributed by atoms with E-state index in [0.717, 1.165) is 43.5 Å². The molecule has 1 aliphatic heterocycles. The molecule has 4 heterocycles. The van der Waals surface area contributed by atoms with Crippen LogP contribution in [-0.2, 0) is 6.54 Å². The van der Waals surface area contributed by atoms with Crippen LogP contribution in [0.15, 0.2) is 16.7 Å². The van der Waals surface area contributed by atoms with Gasteiger partial charge in [-0.2, -0.15) is 9.50 Å². The lowest BCUT2D eigenvalue weighted by atomic mass is 10.3. The summed E-state index contributed by atoms with van der Waals surface area (Å²) < 4.78 is 7.09. The number of hydrogen-bond donors (Lipinski definition) is 0. The standard InChI is InChI=1S/C15H21N9O/c1-11-17-18-12-4-5-13(19-24(11)12)23-8-6-22(7-9-23)10-14-16-15(20-25-14)21(2)3/h4-5H,6-10H2,1-3H3. The quantitative estimate of drug-likeness (QED) is 0.659. The first-order valence-corrected chi connectivity index (χ1v) is 8.26. The van der Waals surface area contributed by atoms with Gasteiger partial charge in [0.1, 0.15) is 5.82 Å². The van der Waals surface area contributed by atoms with E-state index < -0.39 is 0 Å². The third kappa shape index (κ3) is 3.12. The van der Waals surface area contributed by atoms with Gasteiger partial charge in [0.25, 0.3) is 5.95 Å². The minimum absolute atomic E-state index is 0.607. The highest BCUT2D eigenvalue weighted by Crippen LogP contribution is 2.16. The minimum Gasteiger partial charge on any atom is -0.353 e. The van der Waals surface area contributed by atoms with Crippen LogP contribution in [0.1, 0.15) is 11.7 Å². The molecule has 0 bridgehead atoms. The summed E-state index contributed by atoms with van der Waals surface area (Å²) in [4.78, 5) is 10.8. The van der Waals surface area contributed by atoms with E-state index >= 15 is 0 Å². The van der Waals surface area contributed by atoms with Crippen LogP contribution in [0, 0.1) is 6.92 Å². The fourth-order valence-electron chi connectivity index (χ4n) is 2.87. The Bertz CT molecular complexity index is 863. The van der Waals surface area contributed by atoms with Gasteiger partial charge in [0.05, 0.1) is 6.54 Å². The lowest BCUT2D eigenvalue weighted by Crippen LogP contribution is -2.46. The molecular formula is C15H21N9O. The smallest absolute Gasteiger partial charge is 0.265 e. The van der Waals surface area contributed by atoms with Gasteiger partial charge in [0, 0.05) is 40.3 Å². The second kappa shape index (κ2) is 6.28. The fraction of sp³-hybridized carbons (Fsp3) is 0.533. The van der Waals surface area contributed by atoms with Crippen molar-refractivity contribution in [1.82, 2.24) is 34.9 Å². The third-order valence-corrected chi connectivity index (χ3v) is 4.32. The molecule has 4 rings (SSSR count). The maximum Gasteiger partial charge on any atom is 0.265 e. The normalized spacial score (nSPS) is 15.9. The van der Waals surface area contributed by atoms with Crippen molar-refractivity contribution in [2.75, 3.05) is 50.1 Å². The van der Waals surface area contributed by atoms with E-state index in [1.807, 2.05) is 38.1 Å². The van der Waals surface area contributed by atoms with E-state index in [9.17, 15) is 0 Å². The SMILES string of the molecule is Cc1nnc2ccc(N3CCN(Cc4nc(N(C)C)no4)CC3)nn12. The van der Waals surface area contributed by atoms with Gasteiger partial charge < -0.3 is 14.3 Å². The van der Waals surface area contributed by atoms with Crippen LogP contribution in [0.25, 0.3) is 5.65 Å². The Kier molecular flexibility index (Phi) is 3.96. The van der Waals surface area contributed by atoms with Crippen LogP contribution in [0.5, 0.6) is 0 Å². The van der Waals surface area contributed by atoms with Crippen LogP contribution < -0.4 is 9.80 Å². The molecule has 3 aromatic rings. The third-order valence-electron chi connectivity index (χ3n) is 4.32. The van der Waals surface area contributed by atoms with Crippen LogP contribution in [0.4, 0.5) is 11.8 Å². The molecule has 1 aliphatic rings. The van der Waals surface area contributed by atoms with Gasteiger partial charge >= 0.3 is 0 Å². The number of nitrogens with zero attached hydrogens (tertiary/aromatic N) is 9. The molecule has 0 aliphatic carbocycles. The fourth-order valence-corrected chi connectivity index (χ4v) is 2.87. The van der Waals surface area contributed by atoms with Crippen molar-refractivity contribution in [3.63, 3.8) is 0 Å². The number of aryl methyl sites for hydroxylation is 1. The second-order valence-electron chi connectivity index (χ2n) is 6.35. The van der Waals surface area contributed by atoms with Crippen LogP contribution in [0.2, 0.25) is 0 Å². The number of fused-ring (bicyclic) bond motifs is 1. The Morgan fingerprint density at radius 3 is 2.64 bits per heavy atom. The van der Waals surface area contributed by atoms with Crippen LogP contribution in [-0.4, -0.2) is 75.1 Å². The zero-order chi connectivity index (χ0) is 17.4. The van der Waals surface area contributed by atoms with Gasteiger partial charge in [0.15, 0.2) is 11.5 Å². The van der Waals surface area contributed by atoms with Crippen molar-refractivity contribution in [1.29, 1.82) is 0 Å². The van der Waals surface area contributed by atoms with Crippen molar-refractivity contribution in [2.24, 2.45) is 0 Å². The number of aromatic nitrogens is 6. The highest BCUT2D eigenvalue weighted by atomic mass is 16.5. The van der Waals surface area contributed by atoms with Gasteiger partial charge in [-0.15, -0.1) is 15.3 Å². The van der Waals surface area contributed by atoms with Gasteiger partial charge in [-0.05, 0) is 24.2 Å². The maximum atomic E-state index is 5.31. The first kappa shape index (κ1) is 15.8. The summed E-state index contributed by atoms with van der Waals surface area (Å²) in [7, 11) is 3.80. The van der Waals surface area contributed by atoms with E-state index in [1.165, 1.54) is 0 Å². The molecule has 1 fully saturated rings. The van der Waals surface area contributed by atoms with Gasteiger partial charge in [-0.25, -0.2) is 0 Å². The summed E-state index contributed by atoms with van der Waals surface area (Å²) in [5.74, 6) is 3.00. The molecule has 0 unspecified atom stereocenters. The van der Waals surface area contributed by atoms with Crippen molar-refractivity contribution in [3.8, 4) is 0 Å². The molecule has 3 aromatic heterocycles. The average molecular weight is 343 g/mol. The predicted octanol–water partition coefficient (Wildman–Crippen LogP) is 0.204. The average Bonchev–Trinajstić information content (AvgIpc) is 3.23. The molecule has 0 radical (unpaired) electrons. The summed E-state index contributed by atoms with van der Waals surface area (Å²) in [6.45, 7) is 6.20. The number of anilines is 2. The zero-order valence-corrected chi connectivity index (χ0v) is 14.6. The molecule has 0 N–H and O–H groups in total. The van der Waals surface area contributed by atoms with Crippen molar-refractivity contribution < 1.29 is 4.52 Å². The van der Waals surface area contributed by atoms with Crippen molar-refractivity contribution >= 4 is 17.4 Å². The zero-order valence-electron chi connectivity index (χ0n) is 14.6. The Morgan fingerprint density at radius 1 is 1.12 bits per heavy atom. The lowest BCUT2D eigenvalue weighted by molar-refractivity contribution is 0.215. The minimum atomic E-state index is 0.607. The van der Waals surface area contributed by atoms with Gasteiger partial charge in [-0.1, -0.05) is 0 Å². The van der Waals surface area contributed by atoms with E-state index in [1.54, 1.807) is 4.52 Å². The lowest BCUT2D eigenvalue weighted by Gasteiger charge is -2.34. The Hall–Kier alpha value is -2.75. The number of hydrogen-bond acceptors (Lipinski definition) is 9. The Morgan fingerprint density at radius 2 is 1.92 bits per heavy atom. The van der Waals surface area contributed by atoms with Gasteiger partial charge in [-0.3, -0.25) is 4.90 Å². The highest BCUT2D eigenvalue weighted by molar-refractivity contribution is 5.46. The number of piperazine rings is 1. The summed E-state index contributed by atoms with van der Waals surface area (Å²) in [6, 6.07) is 3.95. The van der Waals surface area contributed by atoms with E-state index in [0.29, 0.717) is 18.4 Å². The molecule has 1 saturated heterocycles. The maximum absolute atomic E-state index is 5.31. The van der Waals surface area contributed by atoms with Crippen molar-refractivity contribution in [3.05, 3.63) is 23.8 Å².